The Morgan fingerprint density at radius 3 is 1.94 bits per heavy atom. The van der Waals surface area contributed by atoms with Gasteiger partial charge in [0.2, 0.25) is 0 Å². The van der Waals surface area contributed by atoms with Crippen molar-refractivity contribution in [3.8, 4) is 5.75 Å². The second-order valence-corrected chi connectivity index (χ2v) is 8.14. The molecule has 0 saturated carbocycles. The number of hydrogen-bond donors (Lipinski definition) is 0. The van der Waals surface area contributed by atoms with Crippen LogP contribution in [0.5, 0.6) is 5.75 Å². The maximum Gasteiger partial charge on any atom is 0.425 e. The van der Waals surface area contributed by atoms with E-state index in [-0.39, 0.29) is 17.8 Å². The standard InChI is InChI=1S/C28H27F3O4/c1-2-3-5-10-25(28(29,30)31)35-27(33)23-13-11-21(12-14-23)26(32)22-15-17-24(18-16-22)34-19-20-8-6-4-7-9-20/h4,6-9,11-18,25H,2-3,5,10,19H2,1H3/t25-/m1/s1. The molecule has 0 aliphatic rings. The van der Waals surface area contributed by atoms with Crippen molar-refractivity contribution in [2.24, 2.45) is 0 Å². The van der Waals surface area contributed by atoms with Gasteiger partial charge in [-0.25, -0.2) is 4.79 Å². The van der Waals surface area contributed by atoms with E-state index in [9.17, 15) is 22.8 Å². The van der Waals surface area contributed by atoms with Crippen molar-refractivity contribution in [3.05, 3.63) is 101 Å². The number of carbonyl (C=O) groups is 2. The van der Waals surface area contributed by atoms with Gasteiger partial charge < -0.3 is 9.47 Å². The average molecular weight is 485 g/mol. The summed E-state index contributed by atoms with van der Waals surface area (Å²) in [5.41, 5.74) is 1.69. The molecule has 35 heavy (non-hydrogen) atoms. The number of rotatable bonds is 11. The largest absolute Gasteiger partial charge is 0.489 e. The average Bonchev–Trinajstić information content (AvgIpc) is 2.87. The van der Waals surface area contributed by atoms with E-state index in [2.05, 4.69) is 0 Å². The molecule has 3 aromatic rings. The molecule has 184 valence electrons. The Kier molecular flexibility index (Phi) is 9.06. The van der Waals surface area contributed by atoms with Crippen molar-refractivity contribution in [1.82, 2.24) is 0 Å². The first-order valence-electron chi connectivity index (χ1n) is 11.5. The minimum Gasteiger partial charge on any atom is -0.489 e. The lowest BCUT2D eigenvalue weighted by molar-refractivity contribution is -0.206. The van der Waals surface area contributed by atoms with E-state index in [1.165, 1.54) is 24.3 Å². The third-order valence-corrected chi connectivity index (χ3v) is 5.43. The van der Waals surface area contributed by atoms with Crippen LogP contribution in [0.15, 0.2) is 78.9 Å². The highest BCUT2D eigenvalue weighted by atomic mass is 19.4. The van der Waals surface area contributed by atoms with Gasteiger partial charge in [0, 0.05) is 11.1 Å². The first kappa shape index (κ1) is 26.0. The Bertz CT molecular complexity index is 1090. The number of hydrogen-bond acceptors (Lipinski definition) is 4. The van der Waals surface area contributed by atoms with Crippen LogP contribution in [0, 0.1) is 0 Å². The highest BCUT2D eigenvalue weighted by Gasteiger charge is 2.42. The Hall–Kier alpha value is -3.61. The van der Waals surface area contributed by atoms with Crippen LogP contribution in [0.25, 0.3) is 0 Å². The summed E-state index contributed by atoms with van der Waals surface area (Å²) < 4.78 is 50.1. The maximum absolute atomic E-state index is 13.2. The fourth-order valence-corrected chi connectivity index (χ4v) is 3.43. The van der Waals surface area contributed by atoms with Gasteiger partial charge in [0.05, 0.1) is 5.56 Å². The number of alkyl halides is 3. The Balaban J connectivity index is 1.60. The molecule has 0 aliphatic heterocycles. The molecule has 3 rings (SSSR count). The van der Waals surface area contributed by atoms with Gasteiger partial charge >= 0.3 is 12.1 Å². The monoisotopic (exact) mass is 484 g/mol. The first-order valence-corrected chi connectivity index (χ1v) is 11.5. The van der Waals surface area contributed by atoms with Gasteiger partial charge in [0.15, 0.2) is 11.9 Å². The molecule has 1 atom stereocenters. The highest BCUT2D eigenvalue weighted by Crippen LogP contribution is 2.28. The van der Waals surface area contributed by atoms with Crippen LogP contribution in [0.2, 0.25) is 0 Å². The van der Waals surface area contributed by atoms with Crippen LogP contribution in [0.1, 0.15) is 64.4 Å². The summed E-state index contributed by atoms with van der Waals surface area (Å²) in [4.78, 5) is 25.0. The number of esters is 1. The topological polar surface area (TPSA) is 52.6 Å². The van der Waals surface area contributed by atoms with Crippen molar-refractivity contribution >= 4 is 11.8 Å². The van der Waals surface area contributed by atoms with Gasteiger partial charge in [-0.05, 0) is 54.8 Å². The molecule has 0 unspecified atom stereocenters. The molecule has 0 spiro atoms. The third kappa shape index (κ3) is 7.70. The minimum absolute atomic E-state index is 0.0454. The molecule has 4 nitrogen and oxygen atoms in total. The Morgan fingerprint density at radius 1 is 0.800 bits per heavy atom. The number of benzene rings is 3. The van der Waals surface area contributed by atoms with Gasteiger partial charge in [-0.1, -0.05) is 62.2 Å². The van der Waals surface area contributed by atoms with E-state index in [1.807, 2.05) is 37.3 Å². The Morgan fingerprint density at radius 2 is 1.37 bits per heavy atom. The summed E-state index contributed by atoms with van der Waals surface area (Å²) in [6, 6.07) is 21.7. The van der Waals surface area contributed by atoms with Gasteiger partial charge in [0.1, 0.15) is 12.4 Å². The van der Waals surface area contributed by atoms with E-state index in [0.717, 1.165) is 12.0 Å². The van der Waals surface area contributed by atoms with E-state index in [0.29, 0.717) is 36.3 Å². The molecule has 0 bridgehead atoms. The summed E-state index contributed by atoms with van der Waals surface area (Å²) in [7, 11) is 0. The zero-order valence-corrected chi connectivity index (χ0v) is 19.4. The van der Waals surface area contributed by atoms with Crippen molar-refractivity contribution < 1.29 is 32.2 Å². The summed E-state index contributed by atoms with van der Waals surface area (Å²) in [6.45, 7) is 2.28. The fraction of sp³-hybridized carbons (Fsp3) is 0.286. The van der Waals surface area contributed by atoms with Crippen molar-refractivity contribution in [2.75, 3.05) is 0 Å². The molecule has 0 aromatic heterocycles. The predicted octanol–water partition coefficient (Wildman–Crippen LogP) is 7.16. The molecule has 0 radical (unpaired) electrons. The van der Waals surface area contributed by atoms with Gasteiger partial charge in [-0.2, -0.15) is 13.2 Å². The van der Waals surface area contributed by atoms with Crippen LogP contribution in [0.3, 0.4) is 0 Å². The smallest absolute Gasteiger partial charge is 0.425 e. The number of ether oxygens (including phenoxy) is 2. The molecule has 0 heterocycles. The summed E-state index contributed by atoms with van der Waals surface area (Å²) in [5, 5.41) is 0. The van der Waals surface area contributed by atoms with Gasteiger partial charge in [-0.15, -0.1) is 0 Å². The second kappa shape index (κ2) is 12.2. The first-order chi connectivity index (χ1) is 16.8. The van der Waals surface area contributed by atoms with E-state index in [1.54, 1.807) is 24.3 Å². The van der Waals surface area contributed by atoms with E-state index < -0.39 is 18.2 Å². The minimum atomic E-state index is -4.63. The molecule has 0 fully saturated rings. The molecule has 0 amide bonds. The number of halogens is 3. The van der Waals surface area contributed by atoms with Crippen LogP contribution in [-0.4, -0.2) is 24.0 Å². The normalized spacial score (nSPS) is 12.1. The number of carbonyl (C=O) groups excluding carboxylic acids is 2. The van der Waals surface area contributed by atoms with E-state index >= 15 is 0 Å². The van der Waals surface area contributed by atoms with Crippen LogP contribution >= 0.6 is 0 Å². The van der Waals surface area contributed by atoms with Crippen molar-refractivity contribution in [1.29, 1.82) is 0 Å². The lowest BCUT2D eigenvalue weighted by Crippen LogP contribution is -2.33. The quantitative estimate of drug-likeness (QED) is 0.165. The molecular weight excluding hydrogens is 457 g/mol. The van der Waals surface area contributed by atoms with E-state index in [4.69, 9.17) is 9.47 Å². The fourth-order valence-electron chi connectivity index (χ4n) is 3.43. The lowest BCUT2D eigenvalue weighted by atomic mass is 10.0. The van der Waals surface area contributed by atoms with Gasteiger partial charge in [0.25, 0.3) is 0 Å². The highest BCUT2D eigenvalue weighted by molar-refractivity contribution is 6.09. The maximum atomic E-state index is 13.2. The number of ketones is 1. The molecule has 0 aliphatic carbocycles. The predicted molar refractivity (Wildman–Crippen MR) is 126 cm³/mol. The molecule has 0 N–H and O–H groups in total. The zero-order chi connectivity index (χ0) is 25.3. The number of unbranched alkanes of at least 4 members (excludes halogenated alkanes) is 2. The zero-order valence-electron chi connectivity index (χ0n) is 19.4. The SMILES string of the molecule is CCCCC[C@@H](OC(=O)c1ccc(C(=O)c2ccc(OCc3ccccc3)cc2)cc1)C(F)(F)F. The summed E-state index contributed by atoms with van der Waals surface area (Å²) >= 11 is 0. The molecule has 0 saturated heterocycles. The van der Waals surface area contributed by atoms with Crippen LogP contribution < -0.4 is 4.74 Å². The Labute approximate surface area is 202 Å². The molecule has 3 aromatic carbocycles. The van der Waals surface area contributed by atoms with Crippen LogP contribution in [-0.2, 0) is 11.3 Å². The second-order valence-electron chi connectivity index (χ2n) is 8.14. The summed E-state index contributed by atoms with van der Waals surface area (Å²) in [6.07, 6.45) is -5.35. The van der Waals surface area contributed by atoms with Gasteiger partial charge in [-0.3, -0.25) is 4.79 Å². The molecular formula is C28H27F3O4. The summed E-state index contributed by atoms with van der Waals surface area (Å²) in [5.74, 6) is -0.739. The third-order valence-electron chi connectivity index (χ3n) is 5.43. The van der Waals surface area contributed by atoms with Crippen LogP contribution in [0.4, 0.5) is 13.2 Å². The molecule has 7 heteroatoms. The lowest BCUT2D eigenvalue weighted by Gasteiger charge is -2.20. The van der Waals surface area contributed by atoms with Crippen molar-refractivity contribution in [3.63, 3.8) is 0 Å². The van der Waals surface area contributed by atoms with Crippen molar-refractivity contribution in [2.45, 2.75) is 51.5 Å².